The predicted molar refractivity (Wildman–Crippen MR) is 86.3 cm³/mol. The molecular formula is C16H29N3O. The number of nitrogens with zero attached hydrogens (tertiary/aromatic N) is 2. The number of nitrogens with two attached hydrogens (primary N) is 1. The molecule has 0 saturated heterocycles. The van der Waals surface area contributed by atoms with E-state index in [0.717, 1.165) is 18.9 Å². The van der Waals surface area contributed by atoms with Crippen molar-refractivity contribution in [1.29, 1.82) is 0 Å². The Kier molecular flexibility index (Phi) is 6.62. The van der Waals surface area contributed by atoms with Crippen molar-refractivity contribution in [1.82, 2.24) is 4.98 Å². The smallest absolute Gasteiger partial charge is 0.239 e. The number of pyridine rings is 1. The van der Waals surface area contributed by atoms with Gasteiger partial charge in [0.1, 0.15) is 5.82 Å². The van der Waals surface area contributed by atoms with Crippen LogP contribution in [-0.4, -0.2) is 24.7 Å². The number of ether oxygens (including phenoxy) is 1. The minimum Gasteiger partial charge on any atom is -0.476 e. The van der Waals surface area contributed by atoms with Crippen LogP contribution in [0.3, 0.4) is 0 Å². The number of hydrogen-bond donors (Lipinski definition) is 1. The Morgan fingerprint density at radius 1 is 1.25 bits per heavy atom. The van der Waals surface area contributed by atoms with Gasteiger partial charge in [-0.05, 0) is 30.9 Å². The van der Waals surface area contributed by atoms with E-state index in [1.54, 1.807) is 0 Å². The third-order valence-electron chi connectivity index (χ3n) is 3.36. The first-order valence-electron chi connectivity index (χ1n) is 7.62. The van der Waals surface area contributed by atoms with Crippen molar-refractivity contribution in [3.63, 3.8) is 0 Å². The molecule has 2 N–H and O–H groups in total. The van der Waals surface area contributed by atoms with E-state index >= 15 is 0 Å². The first-order chi connectivity index (χ1) is 9.47. The predicted octanol–water partition coefficient (Wildman–Crippen LogP) is 3.57. The lowest BCUT2D eigenvalue weighted by atomic mass is 10.1. The van der Waals surface area contributed by atoms with E-state index in [-0.39, 0.29) is 0 Å². The zero-order valence-electron chi connectivity index (χ0n) is 13.5. The van der Waals surface area contributed by atoms with Crippen molar-refractivity contribution in [3.8, 4) is 5.88 Å². The van der Waals surface area contributed by atoms with E-state index in [9.17, 15) is 0 Å². The van der Waals surface area contributed by atoms with Gasteiger partial charge in [-0.1, -0.05) is 34.1 Å². The molecule has 0 spiro atoms. The molecular weight excluding hydrogens is 250 g/mol. The Morgan fingerprint density at radius 2 is 1.95 bits per heavy atom. The van der Waals surface area contributed by atoms with Crippen molar-refractivity contribution in [3.05, 3.63) is 12.1 Å². The van der Waals surface area contributed by atoms with Gasteiger partial charge < -0.3 is 15.4 Å². The molecule has 0 radical (unpaired) electrons. The third kappa shape index (κ3) is 4.91. The van der Waals surface area contributed by atoms with Crippen molar-refractivity contribution in [2.45, 2.75) is 41.0 Å². The molecule has 1 aromatic heterocycles. The molecule has 4 nitrogen and oxygen atoms in total. The molecule has 20 heavy (non-hydrogen) atoms. The third-order valence-corrected chi connectivity index (χ3v) is 3.36. The lowest BCUT2D eigenvalue weighted by Crippen LogP contribution is -2.29. The van der Waals surface area contributed by atoms with Gasteiger partial charge in [0, 0.05) is 13.1 Å². The van der Waals surface area contributed by atoms with Crippen LogP contribution in [0.1, 0.15) is 41.0 Å². The maximum Gasteiger partial charge on any atom is 0.239 e. The van der Waals surface area contributed by atoms with E-state index < -0.39 is 0 Å². The molecule has 1 aromatic rings. The van der Waals surface area contributed by atoms with Crippen LogP contribution in [0.5, 0.6) is 5.88 Å². The summed E-state index contributed by atoms with van der Waals surface area (Å²) in [6.07, 6.45) is 1.17. The van der Waals surface area contributed by atoms with Crippen LogP contribution in [-0.2, 0) is 0 Å². The SMILES string of the molecule is CCC(C)CN(CC)c1ccc(N)c(OCC(C)C)n1. The van der Waals surface area contributed by atoms with Crippen LogP contribution in [0.15, 0.2) is 12.1 Å². The molecule has 0 fully saturated rings. The van der Waals surface area contributed by atoms with E-state index in [2.05, 4.69) is 44.5 Å². The average Bonchev–Trinajstić information content (AvgIpc) is 2.43. The maximum atomic E-state index is 5.94. The summed E-state index contributed by atoms with van der Waals surface area (Å²) in [7, 11) is 0. The van der Waals surface area contributed by atoms with Crippen LogP contribution < -0.4 is 15.4 Å². The largest absolute Gasteiger partial charge is 0.476 e. The Hall–Kier alpha value is -1.45. The summed E-state index contributed by atoms with van der Waals surface area (Å²) >= 11 is 0. The molecule has 0 aliphatic rings. The Morgan fingerprint density at radius 3 is 2.50 bits per heavy atom. The Bertz CT molecular complexity index is 407. The van der Waals surface area contributed by atoms with Crippen LogP contribution in [0.4, 0.5) is 11.5 Å². The molecule has 0 bridgehead atoms. The molecule has 0 aliphatic carbocycles. The van der Waals surface area contributed by atoms with Crippen LogP contribution >= 0.6 is 0 Å². The fourth-order valence-electron chi connectivity index (χ4n) is 1.87. The van der Waals surface area contributed by atoms with Gasteiger partial charge in [0.25, 0.3) is 0 Å². The normalized spacial score (nSPS) is 12.5. The summed E-state index contributed by atoms with van der Waals surface area (Å²) in [6, 6.07) is 3.86. The monoisotopic (exact) mass is 279 g/mol. The molecule has 0 saturated carbocycles. The fourth-order valence-corrected chi connectivity index (χ4v) is 1.87. The fraction of sp³-hybridized carbons (Fsp3) is 0.688. The van der Waals surface area contributed by atoms with Gasteiger partial charge in [0.05, 0.1) is 12.3 Å². The van der Waals surface area contributed by atoms with Crippen molar-refractivity contribution in [2.75, 3.05) is 30.3 Å². The van der Waals surface area contributed by atoms with Gasteiger partial charge >= 0.3 is 0 Å². The number of rotatable bonds is 8. The van der Waals surface area contributed by atoms with Gasteiger partial charge in [-0.25, -0.2) is 0 Å². The molecule has 1 rings (SSSR count). The number of nitrogen functional groups attached to an aromatic ring is 1. The van der Waals surface area contributed by atoms with Crippen molar-refractivity contribution in [2.24, 2.45) is 11.8 Å². The molecule has 0 aromatic carbocycles. The van der Waals surface area contributed by atoms with E-state index in [4.69, 9.17) is 10.5 Å². The van der Waals surface area contributed by atoms with Crippen molar-refractivity contribution < 1.29 is 4.74 Å². The van der Waals surface area contributed by atoms with Crippen molar-refractivity contribution >= 4 is 11.5 Å². The highest BCUT2D eigenvalue weighted by atomic mass is 16.5. The summed E-state index contributed by atoms with van der Waals surface area (Å²) in [4.78, 5) is 6.86. The zero-order valence-corrected chi connectivity index (χ0v) is 13.5. The molecule has 0 aliphatic heterocycles. The van der Waals surface area contributed by atoms with Gasteiger partial charge in [0.15, 0.2) is 0 Å². The number of anilines is 2. The minimum atomic E-state index is 0.460. The Labute approximate surface area is 123 Å². The topological polar surface area (TPSA) is 51.4 Å². The zero-order chi connectivity index (χ0) is 15.1. The van der Waals surface area contributed by atoms with Gasteiger partial charge in [-0.2, -0.15) is 4.98 Å². The quantitative estimate of drug-likeness (QED) is 0.790. The van der Waals surface area contributed by atoms with E-state index in [0.29, 0.717) is 30.0 Å². The summed E-state index contributed by atoms with van der Waals surface area (Å²) in [5.41, 5.74) is 6.54. The number of hydrogen-bond acceptors (Lipinski definition) is 4. The molecule has 1 atom stereocenters. The van der Waals surface area contributed by atoms with Crippen LogP contribution in [0.25, 0.3) is 0 Å². The standard InChI is InChI=1S/C16H29N3O/c1-6-13(5)10-19(7-2)15-9-8-14(17)16(18-15)20-11-12(3)4/h8-9,12-13H,6-7,10-11,17H2,1-5H3. The maximum absolute atomic E-state index is 5.94. The molecule has 1 heterocycles. The summed E-state index contributed by atoms with van der Waals surface area (Å²) < 4.78 is 5.70. The molecule has 4 heteroatoms. The van der Waals surface area contributed by atoms with Crippen LogP contribution in [0, 0.1) is 11.8 Å². The molecule has 0 amide bonds. The van der Waals surface area contributed by atoms with E-state index in [1.165, 1.54) is 6.42 Å². The first kappa shape index (κ1) is 16.6. The summed E-state index contributed by atoms with van der Waals surface area (Å²) in [6.45, 7) is 13.4. The highest BCUT2D eigenvalue weighted by Gasteiger charge is 2.12. The lowest BCUT2D eigenvalue weighted by molar-refractivity contribution is 0.263. The summed E-state index contributed by atoms with van der Waals surface area (Å²) in [5.74, 6) is 2.61. The second kappa shape index (κ2) is 7.98. The Balaban J connectivity index is 2.85. The highest BCUT2D eigenvalue weighted by Crippen LogP contribution is 2.24. The summed E-state index contributed by atoms with van der Waals surface area (Å²) in [5, 5.41) is 0. The van der Waals surface area contributed by atoms with Gasteiger partial charge in [0.2, 0.25) is 5.88 Å². The van der Waals surface area contributed by atoms with Crippen LogP contribution in [0.2, 0.25) is 0 Å². The van der Waals surface area contributed by atoms with Gasteiger partial charge in [-0.3, -0.25) is 0 Å². The second-order valence-corrected chi connectivity index (χ2v) is 5.82. The average molecular weight is 279 g/mol. The second-order valence-electron chi connectivity index (χ2n) is 5.82. The van der Waals surface area contributed by atoms with E-state index in [1.807, 2.05) is 12.1 Å². The minimum absolute atomic E-state index is 0.460. The molecule has 1 unspecified atom stereocenters. The lowest BCUT2D eigenvalue weighted by Gasteiger charge is -2.25. The number of aromatic nitrogens is 1. The molecule has 114 valence electrons. The first-order valence-corrected chi connectivity index (χ1v) is 7.62. The van der Waals surface area contributed by atoms with Gasteiger partial charge in [-0.15, -0.1) is 0 Å². The highest BCUT2D eigenvalue weighted by molar-refractivity contribution is 5.54.